The molecular formula is C34H34B2O4. The van der Waals surface area contributed by atoms with E-state index < -0.39 is 25.4 Å². The van der Waals surface area contributed by atoms with Gasteiger partial charge in [-0.05, 0) is 76.9 Å². The minimum absolute atomic E-state index is 0.580. The Balaban J connectivity index is 1.58. The summed E-state index contributed by atoms with van der Waals surface area (Å²) in [6.45, 7) is 12.6. The number of hydrogen-bond acceptors (Lipinski definition) is 4. The summed E-state index contributed by atoms with van der Waals surface area (Å²) in [5.74, 6) is 1.64. The van der Waals surface area contributed by atoms with Crippen molar-refractivity contribution in [3.8, 4) is 11.5 Å². The van der Waals surface area contributed by atoms with Crippen LogP contribution in [0.25, 0.3) is 10.9 Å². The molecule has 2 heterocycles. The van der Waals surface area contributed by atoms with Gasteiger partial charge in [0.1, 0.15) is 11.5 Å². The quantitative estimate of drug-likeness (QED) is 0.199. The van der Waals surface area contributed by atoms with Crippen LogP contribution in [0.15, 0.2) is 97.1 Å². The van der Waals surface area contributed by atoms with Crippen LogP contribution in [0.5, 0.6) is 11.5 Å². The van der Waals surface area contributed by atoms with Gasteiger partial charge in [0.05, 0.1) is 11.2 Å². The lowest BCUT2D eigenvalue weighted by atomic mass is 9.58. The molecule has 4 aromatic carbocycles. The molecule has 0 N–H and O–H groups in total. The third-order valence-corrected chi connectivity index (χ3v) is 7.77. The van der Waals surface area contributed by atoms with Crippen molar-refractivity contribution < 1.29 is 18.6 Å². The van der Waals surface area contributed by atoms with E-state index in [-0.39, 0.29) is 0 Å². The molecule has 0 radical (unpaired) electrons. The van der Waals surface area contributed by atoms with Gasteiger partial charge in [-0.1, -0.05) is 83.9 Å². The maximum atomic E-state index is 6.81. The lowest BCUT2D eigenvalue weighted by Gasteiger charge is -2.40. The molecule has 0 saturated heterocycles. The molecular weight excluding hydrogens is 494 g/mol. The highest BCUT2D eigenvalue weighted by molar-refractivity contribution is 6.82. The maximum absolute atomic E-state index is 6.81. The van der Waals surface area contributed by atoms with Crippen molar-refractivity contribution in [3.05, 3.63) is 130 Å². The molecule has 40 heavy (non-hydrogen) atoms. The molecule has 4 nitrogen and oxygen atoms in total. The van der Waals surface area contributed by atoms with E-state index in [4.69, 9.17) is 18.6 Å². The Hall–Kier alpha value is -3.73. The van der Waals surface area contributed by atoms with Crippen LogP contribution in [0.4, 0.5) is 0 Å². The Morgan fingerprint density at radius 2 is 0.900 bits per heavy atom. The maximum Gasteiger partial charge on any atom is 0.563 e. The number of hydrogen-bond donors (Lipinski definition) is 0. The fraction of sp³-hybridized carbons (Fsp3) is 0.235. The zero-order valence-corrected chi connectivity index (χ0v) is 24.0. The van der Waals surface area contributed by atoms with Gasteiger partial charge in [0, 0.05) is 22.1 Å². The van der Waals surface area contributed by atoms with Crippen LogP contribution in [-0.2, 0) is 20.5 Å². The fourth-order valence-electron chi connectivity index (χ4n) is 5.68. The topological polar surface area (TPSA) is 36.9 Å². The van der Waals surface area contributed by atoms with E-state index in [1.807, 2.05) is 48.5 Å². The third-order valence-electron chi connectivity index (χ3n) is 7.77. The average Bonchev–Trinajstić information content (AvgIpc) is 2.93. The molecule has 6 heteroatoms. The number of aryl methyl sites for hydroxylation is 2. The molecule has 0 fully saturated rings. The summed E-state index contributed by atoms with van der Waals surface area (Å²) in [6.07, 6.45) is 0. The van der Waals surface area contributed by atoms with Crippen LogP contribution in [0.3, 0.4) is 0 Å². The van der Waals surface area contributed by atoms with Crippen molar-refractivity contribution in [2.75, 3.05) is 0 Å². The summed E-state index contributed by atoms with van der Waals surface area (Å²) in [7, 11) is -1.39. The van der Waals surface area contributed by atoms with Gasteiger partial charge in [-0.3, -0.25) is 0 Å². The second-order valence-electron chi connectivity index (χ2n) is 11.7. The number of fused-ring (bicyclic) bond motifs is 2. The van der Waals surface area contributed by atoms with E-state index in [0.717, 1.165) is 44.7 Å². The minimum Gasteiger partial charge on any atom is -0.532 e. The van der Waals surface area contributed by atoms with Crippen LogP contribution >= 0.6 is 0 Å². The predicted molar refractivity (Wildman–Crippen MR) is 163 cm³/mol. The van der Waals surface area contributed by atoms with Crippen molar-refractivity contribution in [2.45, 2.75) is 52.7 Å². The first kappa shape index (κ1) is 26.5. The highest BCUT2D eigenvalue weighted by atomic mass is 16.6. The molecule has 2 aliphatic heterocycles. The Kier molecular flexibility index (Phi) is 6.64. The number of rotatable bonds is 4. The van der Waals surface area contributed by atoms with Crippen molar-refractivity contribution in [2.24, 2.45) is 0 Å². The fourth-order valence-corrected chi connectivity index (χ4v) is 5.68. The molecule has 4 aromatic rings. The van der Waals surface area contributed by atoms with Gasteiger partial charge in [0.25, 0.3) is 0 Å². The Morgan fingerprint density at radius 1 is 0.525 bits per heavy atom. The van der Waals surface area contributed by atoms with E-state index in [1.54, 1.807) is 0 Å². The Labute approximate surface area is 238 Å². The highest BCUT2D eigenvalue weighted by Crippen LogP contribution is 2.46. The van der Waals surface area contributed by atoms with Gasteiger partial charge in [-0.2, -0.15) is 0 Å². The zero-order valence-electron chi connectivity index (χ0n) is 24.0. The average molecular weight is 528 g/mol. The Bertz CT molecular complexity index is 1460. The van der Waals surface area contributed by atoms with Crippen LogP contribution in [-0.4, -0.2) is 14.2 Å². The van der Waals surface area contributed by atoms with E-state index in [2.05, 4.69) is 90.1 Å². The molecule has 6 rings (SSSR count). The predicted octanol–water partition coefficient (Wildman–Crippen LogP) is 7.96. The second kappa shape index (κ2) is 10.0. The lowest BCUT2D eigenvalue weighted by Crippen LogP contribution is -2.46. The van der Waals surface area contributed by atoms with E-state index in [1.165, 1.54) is 11.1 Å². The zero-order chi connectivity index (χ0) is 28.1. The lowest BCUT2D eigenvalue weighted by molar-refractivity contribution is 0.0691. The molecule has 0 aromatic heterocycles. The van der Waals surface area contributed by atoms with Gasteiger partial charge in [-0.15, -0.1) is 0 Å². The highest BCUT2D eigenvalue weighted by Gasteiger charge is 2.48. The first-order valence-corrected chi connectivity index (χ1v) is 13.9. The van der Waals surface area contributed by atoms with Crippen LogP contribution in [0.1, 0.15) is 61.1 Å². The molecule has 200 valence electrons. The molecule has 2 aliphatic rings. The van der Waals surface area contributed by atoms with Crippen LogP contribution in [0, 0.1) is 13.8 Å². The van der Waals surface area contributed by atoms with Gasteiger partial charge in [0.2, 0.25) is 0 Å². The summed E-state index contributed by atoms with van der Waals surface area (Å²) in [5.41, 5.74) is 6.97. The monoisotopic (exact) mass is 528 g/mol. The molecule has 0 unspecified atom stereocenters. The SMILES string of the molecule is Cc1ccc2c(c1)C(C)(C)OB(/C(=C(\B1Oc3ccc(C)cc3C(C)(C)O1)c1ccccc1)c1ccccc1)O2. The summed E-state index contributed by atoms with van der Waals surface area (Å²) < 4.78 is 27.0. The summed E-state index contributed by atoms with van der Waals surface area (Å²) in [5, 5.41) is 0. The van der Waals surface area contributed by atoms with Crippen molar-refractivity contribution in [1.82, 2.24) is 0 Å². The normalized spacial score (nSPS) is 17.6. The van der Waals surface area contributed by atoms with Gasteiger partial charge in [0.15, 0.2) is 0 Å². The first-order valence-electron chi connectivity index (χ1n) is 13.9. The summed E-state index contributed by atoms with van der Waals surface area (Å²) in [6, 6.07) is 33.1. The van der Waals surface area contributed by atoms with Crippen LogP contribution < -0.4 is 9.31 Å². The first-order chi connectivity index (χ1) is 19.1. The third kappa shape index (κ3) is 4.87. The van der Waals surface area contributed by atoms with Crippen molar-refractivity contribution >= 4 is 25.2 Å². The van der Waals surface area contributed by atoms with E-state index in [0.29, 0.717) is 0 Å². The molecule has 0 amide bonds. The molecule has 0 saturated carbocycles. The van der Waals surface area contributed by atoms with E-state index in [9.17, 15) is 0 Å². The van der Waals surface area contributed by atoms with Crippen molar-refractivity contribution in [1.29, 1.82) is 0 Å². The van der Waals surface area contributed by atoms with Gasteiger partial charge in [-0.25, -0.2) is 0 Å². The summed E-state index contributed by atoms with van der Waals surface area (Å²) in [4.78, 5) is 0. The minimum atomic E-state index is -0.697. The number of benzene rings is 4. The van der Waals surface area contributed by atoms with Gasteiger partial charge >= 0.3 is 14.2 Å². The Morgan fingerprint density at radius 3 is 1.27 bits per heavy atom. The molecule has 0 aliphatic carbocycles. The second-order valence-corrected chi connectivity index (χ2v) is 11.7. The van der Waals surface area contributed by atoms with Crippen molar-refractivity contribution in [3.63, 3.8) is 0 Å². The van der Waals surface area contributed by atoms with Crippen LogP contribution in [0.2, 0.25) is 0 Å². The molecule has 0 bridgehead atoms. The summed E-state index contributed by atoms with van der Waals surface area (Å²) >= 11 is 0. The standard InChI is InChI=1S/C34H34B2O4/c1-23-17-19-29-27(21-23)33(3,4)39-35(37-29)31(25-13-9-7-10-14-25)32(26-15-11-8-12-16-26)36-38-30-20-18-24(2)22-28(30)34(5,6)40-36/h7-22H,1-6H3/b32-31-. The molecule has 0 spiro atoms. The smallest absolute Gasteiger partial charge is 0.532 e. The van der Waals surface area contributed by atoms with E-state index >= 15 is 0 Å². The molecule has 0 atom stereocenters. The largest absolute Gasteiger partial charge is 0.563 e. The van der Waals surface area contributed by atoms with Gasteiger partial charge < -0.3 is 18.6 Å².